The lowest BCUT2D eigenvalue weighted by atomic mass is 10.1. The van der Waals surface area contributed by atoms with Crippen LogP contribution in [0.2, 0.25) is 0 Å². The molecular formula is C25H32N2O2. The van der Waals surface area contributed by atoms with Gasteiger partial charge in [-0.2, -0.15) is 0 Å². The third-order valence-corrected chi connectivity index (χ3v) is 6.31. The van der Waals surface area contributed by atoms with E-state index in [1.807, 2.05) is 29.2 Å². The fourth-order valence-corrected chi connectivity index (χ4v) is 4.45. The number of hydrogen-bond donors (Lipinski definition) is 0. The molecular weight excluding hydrogens is 360 g/mol. The van der Waals surface area contributed by atoms with Gasteiger partial charge in [-0.15, -0.1) is 0 Å². The highest BCUT2D eigenvalue weighted by molar-refractivity contribution is 5.94. The standard InChI is InChI=1S/C25H32N2O2/c1-20-6-5-16-27(20)25(28)22-9-11-23(12-10-22)29-24-14-18-26(19-15-24)17-13-21-7-3-2-4-8-21/h2-4,7-12,20,24H,5-6,13-19H2,1H3/t20-/m1/s1. The first kappa shape index (κ1) is 20.0. The van der Waals surface area contributed by atoms with Crippen molar-refractivity contribution in [1.29, 1.82) is 0 Å². The molecule has 2 aliphatic heterocycles. The molecule has 0 N–H and O–H groups in total. The molecule has 154 valence electrons. The minimum Gasteiger partial charge on any atom is -0.490 e. The van der Waals surface area contributed by atoms with Crippen LogP contribution in [-0.4, -0.2) is 54.0 Å². The molecule has 2 aliphatic rings. The number of piperidine rings is 1. The van der Waals surface area contributed by atoms with Crippen molar-refractivity contribution >= 4 is 5.91 Å². The molecule has 0 aliphatic carbocycles. The number of nitrogens with zero attached hydrogens (tertiary/aromatic N) is 2. The molecule has 29 heavy (non-hydrogen) atoms. The summed E-state index contributed by atoms with van der Waals surface area (Å²) in [5.74, 6) is 1.02. The second kappa shape index (κ2) is 9.45. The highest BCUT2D eigenvalue weighted by Crippen LogP contribution is 2.23. The number of benzene rings is 2. The monoisotopic (exact) mass is 392 g/mol. The molecule has 2 aromatic carbocycles. The van der Waals surface area contributed by atoms with Crippen molar-refractivity contribution in [2.45, 2.75) is 51.2 Å². The number of ether oxygens (including phenoxy) is 1. The zero-order valence-corrected chi connectivity index (χ0v) is 17.4. The summed E-state index contributed by atoms with van der Waals surface area (Å²) in [6.45, 7) is 6.29. The van der Waals surface area contributed by atoms with Crippen LogP contribution in [0.5, 0.6) is 5.75 Å². The van der Waals surface area contributed by atoms with E-state index in [1.54, 1.807) is 0 Å². The quantitative estimate of drug-likeness (QED) is 0.731. The van der Waals surface area contributed by atoms with Crippen molar-refractivity contribution in [1.82, 2.24) is 9.80 Å². The Bertz CT molecular complexity index is 782. The summed E-state index contributed by atoms with van der Waals surface area (Å²) in [5.41, 5.74) is 2.17. The van der Waals surface area contributed by atoms with Crippen LogP contribution >= 0.6 is 0 Å². The van der Waals surface area contributed by atoms with Gasteiger partial charge in [-0.05, 0) is 68.9 Å². The van der Waals surface area contributed by atoms with Crippen LogP contribution in [0, 0.1) is 0 Å². The highest BCUT2D eigenvalue weighted by Gasteiger charge is 2.26. The topological polar surface area (TPSA) is 32.8 Å². The van der Waals surface area contributed by atoms with E-state index in [2.05, 4.69) is 42.2 Å². The Labute approximate surface area is 174 Å². The third kappa shape index (κ3) is 5.18. The van der Waals surface area contributed by atoms with Crippen LogP contribution in [0.4, 0.5) is 0 Å². The highest BCUT2D eigenvalue weighted by atomic mass is 16.5. The number of carbonyl (C=O) groups is 1. The molecule has 2 aromatic rings. The van der Waals surface area contributed by atoms with Gasteiger partial charge in [-0.3, -0.25) is 4.79 Å². The summed E-state index contributed by atoms with van der Waals surface area (Å²) in [6, 6.07) is 18.8. The molecule has 1 atom stereocenters. The van der Waals surface area contributed by atoms with Crippen molar-refractivity contribution < 1.29 is 9.53 Å². The van der Waals surface area contributed by atoms with Crippen LogP contribution in [0.15, 0.2) is 54.6 Å². The first-order valence-electron chi connectivity index (χ1n) is 11.0. The summed E-state index contributed by atoms with van der Waals surface area (Å²) in [7, 11) is 0. The molecule has 2 heterocycles. The van der Waals surface area contributed by atoms with Gasteiger partial charge >= 0.3 is 0 Å². The molecule has 4 heteroatoms. The summed E-state index contributed by atoms with van der Waals surface area (Å²) in [6.07, 6.45) is 5.71. The maximum Gasteiger partial charge on any atom is 0.254 e. The molecule has 0 aromatic heterocycles. The molecule has 0 spiro atoms. The van der Waals surface area contributed by atoms with Crippen LogP contribution in [0.25, 0.3) is 0 Å². The number of amides is 1. The van der Waals surface area contributed by atoms with E-state index in [0.29, 0.717) is 6.04 Å². The van der Waals surface area contributed by atoms with Gasteiger partial charge in [0.25, 0.3) is 5.91 Å². The Morgan fingerprint density at radius 3 is 2.34 bits per heavy atom. The van der Waals surface area contributed by atoms with Gasteiger partial charge in [0, 0.05) is 37.8 Å². The third-order valence-electron chi connectivity index (χ3n) is 6.31. The van der Waals surface area contributed by atoms with Crippen molar-refractivity contribution in [2.24, 2.45) is 0 Å². The molecule has 0 radical (unpaired) electrons. The normalized spacial score (nSPS) is 20.7. The lowest BCUT2D eigenvalue weighted by molar-refractivity contribution is 0.0747. The van der Waals surface area contributed by atoms with E-state index in [9.17, 15) is 4.79 Å². The van der Waals surface area contributed by atoms with Gasteiger partial charge in [-0.1, -0.05) is 30.3 Å². The first-order valence-corrected chi connectivity index (χ1v) is 11.0. The Morgan fingerprint density at radius 2 is 1.69 bits per heavy atom. The van der Waals surface area contributed by atoms with Gasteiger partial charge in [-0.25, -0.2) is 0 Å². The Balaban J connectivity index is 1.22. The molecule has 0 unspecified atom stereocenters. The number of carbonyl (C=O) groups excluding carboxylic acids is 1. The average Bonchev–Trinajstić information content (AvgIpc) is 3.20. The zero-order valence-electron chi connectivity index (χ0n) is 17.4. The SMILES string of the molecule is C[C@@H]1CCCN1C(=O)c1ccc(OC2CCN(CCc3ccccc3)CC2)cc1. The Kier molecular flexibility index (Phi) is 6.50. The zero-order chi connectivity index (χ0) is 20.1. The fourth-order valence-electron chi connectivity index (χ4n) is 4.45. The van der Waals surface area contributed by atoms with Crippen molar-refractivity contribution in [3.8, 4) is 5.75 Å². The maximum absolute atomic E-state index is 12.6. The minimum atomic E-state index is 0.147. The number of likely N-dealkylation sites (tertiary alicyclic amines) is 2. The molecule has 1 amide bonds. The summed E-state index contributed by atoms with van der Waals surface area (Å²) in [5, 5.41) is 0. The average molecular weight is 393 g/mol. The van der Waals surface area contributed by atoms with Crippen LogP contribution < -0.4 is 4.74 Å². The predicted molar refractivity (Wildman–Crippen MR) is 116 cm³/mol. The van der Waals surface area contributed by atoms with Crippen molar-refractivity contribution in [3.63, 3.8) is 0 Å². The maximum atomic E-state index is 12.6. The molecule has 2 fully saturated rings. The van der Waals surface area contributed by atoms with E-state index in [0.717, 1.165) is 69.6 Å². The van der Waals surface area contributed by atoms with Gasteiger partial charge < -0.3 is 14.5 Å². The Hall–Kier alpha value is -2.33. The lowest BCUT2D eigenvalue weighted by Gasteiger charge is -2.32. The number of hydrogen-bond acceptors (Lipinski definition) is 3. The second-order valence-electron chi connectivity index (χ2n) is 8.41. The van der Waals surface area contributed by atoms with Crippen LogP contribution in [0.1, 0.15) is 48.5 Å². The van der Waals surface area contributed by atoms with E-state index >= 15 is 0 Å². The van der Waals surface area contributed by atoms with E-state index < -0.39 is 0 Å². The largest absolute Gasteiger partial charge is 0.490 e. The van der Waals surface area contributed by atoms with Gasteiger partial charge in [0.15, 0.2) is 0 Å². The molecule has 4 nitrogen and oxygen atoms in total. The summed E-state index contributed by atoms with van der Waals surface area (Å²) < 4.78 is 6.20. The van der Waals surface area contributed by atoms with E-state index in [-0.39, 0.29) is 12.0 Å². The van der Waals surface area contributed by atoms with Crippen LogP contribution in [-0.2, 0) is 6.42 Å². The summed E-state index contributed by atoms with van der Waals surface area (Å²) in [4.78, 5) is 17.2. The molecule has 2 saturated heterocycles. The van der Waals surface area contributed by atoms with E-state index in [4.69, 9.17) is 4.74 Å². The number of rotatable bonds is 6. The minimum absolute atomic E-state index is 0.147. The van der Waals surface area contributed by atoms with E-state index in [1.165, 1.54) is 5.56 Å². The smallest absolute Gasteiger partial charge is 0.254 e. The van der Waals surface area contributed by atoms with Crippen molar-refractivity contribution in [3.05, 3.63) is 65.7 Å². The predicted octanol–water partition coefficient (Wildman–Crippen LogP) is 4.40. The fraction of sp³-hybridized carbons (Fsp3) is 0.480. The van der Waals surface area contributed by atoms with Crippen LogP contribution in [0.3, 0.4) is 0 Å². The second-order valence-corrected chi connectivity index (χ2v) is 8.41. The van der Waals surface area contributed by atoms with Gasteiger partial charge in [0.05, 0.1) is 0 Å². The first-order chi connectivity index (χ1) is 14.2. The summed E-state index contributed by atoms with van der Waals surface area (Å²) >= 11 is 0. The Morgan fingerprint density at radius 1 is 0.966 bits per heavy atom. The molecule has 0 saturated carbocycles. The van der Waals surface area contributed by atoms with Crippen molar-refractivity contribution in [2.75, 3.05) is 26.2 Å². The van der Waals surface area contributed by atoms with Gasteiger partial charge in [0.1, 0.15) is 11.9 Å². The lowest BCUT2D eigenvalue weighted by Crippen LogP contribution is -2.39. The molecule has 4 rings (SSSR count). The molecule has 0 bridgehead atoms. The van der Waals surface area contributed by atoms with Gasteiger partial charge in [0.2, 0.25) is 0 Å².